The van der Waals surface area contributed by atoms with Gasteiger partial charge in [-0.05, 0) is 13.3 Å². The van der Waals surface area contributed by atoms with E-state index >= 15 is 0 Å². The zero-order valence-electron chi connectivity index (χ0n) is 16.9. The van der Waals surface area contributed by atoms with Crippen molar-refractivity contribution in [3.8, 4) is 17.1 Å². The van der Waals surface area contributed by atoms with Crippen molar-refractivity contribution in [2.24, 2.45) is 0 Å². The first kappa shape index (κ1) is 21.7. The maximum absolute atomic E-state index is 11.9. The number of esters is 1. The van der Waals surface area contributed by atoms with Crippen LogP contribution in [0.1, 0.15) is 82.0 Å². The first-order valence-corrected chi connectivity index (χ1v) is 10.2. The summed E-state index contributed by atoms with van der Waals surface area (Å²) in [6.07, 6.45) is 13.0. The van der Waals surface area contributed by atoms with Gasteiger partial charge in [-0.2, -0.15) is 0 Å². The molecule has 0 N–H and O–H groups in total. The van der Waals surface area contributed by atoms with Gasteiger partial charge in [0.1, 0.15) is 0 Å². The van der Waals surface area contributed by atoms with E-state index in [0.29, 0.717) is 23.6 Å². The van der Waals surface area contributed by atoms with Gasteiger partial charge in [-0.3, -0.25) is 9.59 Å². The molecule has 5 nitrogen and oxygen atoms in total. The van der Waals surface area contributed by atoms with Crippen LogP contribution in [0.2, 0.25) is 0 Å². The van der Waals surface area contributed by atoms with Crippen LogP contribution in [0.3, 0.4) is 0 Å². The standard InChI is InChI=1S/C23H30N2O3/c1-3-4-5-6-7-8-9-10-11-22(27)28-21-16-24-23(25-17-21)20-14-12-19(13-15-20)18(2)26/h12-17H,3-11H2,1-2H3. The number of hydrogen-bond acceptors (Lipinski definition) is 5. The Morgan fingerprint density at radius 3 is 2.00 bits per heavy atom. The summed E-state index contributed by atoms with van der Waals surface area (Å²) in [4.78, 5) is 31.8. The number of rotatable bonds is 12. The quantitative estimate of drug-likeness (QED) is 0.264. The Kier molecular flexibility index (Phi) is 9.32. The third-order valence-electron chi connectivity index (χ3n) is 4.64. The fraction of sp³-hybridized carbons (Fsp3) is 0.478. The minimum absolute atomic E-state index is 0.0196. The van der Waals surface area contributed by atoms with Crippen molar-refractivity contribution in [3.63, 3.8) is 0 Å². The molecule has 2 rings (SSSR count). The van der Waals surface area contributed by atoms with E-state index < -0.39 is 0 Å². The van der Waals surface area contributed by atoms with Gasteiger partial charge in [-0.25, -0.2) is 9.97 Å². The number of carbonyl (C=O) groups is 2. The third-order valence-corrected chi connectivity index (χ3v) is 4.64. The van der Waals surface area contributed by atoms with Gasteiger partial charge in [0, 0.05) is 17.5 Å². The highest BCUT2D eigenvalue weighted by Crippen LogP contribution is 2.18. The second-order valence-corrected chi connectivity index (χ2v) is 7.07. The van der Waals surface area contributed by atoms with Crippen LogP contribution in [0.15, 0.2) is 36.7 Å². The zero-order valence-corrected chi connectivity index (χ0v) is 16.9. The van der Waals surface area contributed by atoms with Gasteiger partial charge in [0.25, 0.3) is 0 Å². The van der Waals surface area contributed by atoms with Crippen molar-refractivity contribution < 1.29 is 14.3 Å². The molecule has 0 aliphatic rings. The van der Waals surface area contributed by atoms with Gasteiger partial charge in [0.2, 0.25) is 0 Å². The van der Waals surface area contributed by atoms with Crippen molar-refractivity contribution in [1.29, 1.82) is 0 Å². The number of hydrogen-bond donors (Lipinski definition) is 0. The molecule has 150 valence electrons. The molecule has 0 aliphatic heterocycles. The van der Waals surface area contributed by atoms with Gasteiger partial charge in [0.05, 0.1) is 12.4 Å². The maximum Gasteiger partial charge on any atom is 0.311 e. The van der Waals surface area contributed by atoms with E-state index in [4.69, 9.17) is 4.74 Å². The van der Waals surface area contributed by atoms with Gasteiger partial charge in [-0.15, -0.1) is 0 Å². The number of Topliss-reactive ketones (excluding diaryl/α,β-unsaturated/α-hetero) is 1. The lowest BCUT2D eigenvalue weighted by Gasteiger charge is -2.05. The summed E-state index contributed by atoms with van der Waals surface area (Å²) >= 11 is 0. The van der Waals surface area contributed by atoms with Gasteiger partial charge < -0.3 is 4.74 Å². The molecule has 5 heteroatoms. The molecule has 0 saturated carbocycles. The predicted octanol–water partition coefficient (Wildman–Crippen LogP) is 5.78. The highest BCUT2D eigenvalue weighted by molar-refractivity contribution is 5.94. The summed E-state index contributed by atoms with van der Waals surface area (Å²) in [5.74, 6) is 0.658. The fourth-order valence-corrected chi connectivity index (χ4v) is 2.96. The lowest BCUT2D eigenvalue weighted by molar-refractivity contribution is -0.134. The molecule has 0 saturated heterocycles. The van der Waals surface area contributed by atoms with Crippen LogP contribution in [-0.4, -0.2) is 21.7 Å². The van der Waals surface area contributed by atoms with E-state index in [1.54, 1.807) is 24.3 Å². The minimum atomic E-state index is -0.242. The van der Waals surface area contributed by atoms with Crippen molar-refractivity contribution in [1.82, 2.24) is 9.97 Å². The number of carbonyl (C=O) groups excluding carboxylic acids is 2. The molecule has 1 aromatic heterocycles. The summed E-state index contributed by atoms with van der Waals surface area (Å²) in [7, 11) is 0. The summed E-state index contributed by atoms with van der Waals surface area (Å²) in [6.45, 7) is 3.75. The number of ketones is 1. The number of aromatic nitrogens is 2. The Balaban J connectivity index is 1.71. The number of ether oxygens (including phenoxy) is 1. The first-order valence-electron chi connectivity index (χ1n) is 10.2. The molecular weight excluding hydrogens is 352 g/mol. The van der Waals surface area contributed by atoms with E-state index in [1.165, 1.54) is 57.8 Å². The molecule has 0 amide bonds. The van der Waals surface area contributed by atoms with Gasteiger partial charge >= 0.3 is 5.97 Å². The molecule has 0 radical (unpaired) electrons. The second-order valence-electron chi connectivity index (χ2n) is 7.07. The molecule has 2 aromatic rings. The smallest absolute Gasteiger partial charge is 0.311 e. The van der Waals surface area contributed by atoms with Crippen LogP contribution in [0.4, 0.5) is 0 Å². The minimum Gasteiger partial charge on any atom is -0.423 e. The van der Waals surface area contributed by atoms with Crippen LogP contribution in [0, 0.1) is 0 Å². The predicted molar refractivity (Wildman–Crippen MR) is 110 cm³/mol. The number of unbranched alkanes of at least 4 members (excludes halogenated alkanes) is 7. The van der Waals surface area contributed by atoms with Crippen LogP contribution in [0.5, 0.6) is 5.75 Å². The third kappa shape index (κ3) is 7.59. The Hall–Kier alpha value is -2.56. The van der Waals surface area contributed by atoms with Crippen LogP contribution in [0.25, 0.3) is 11.4 Å². The Morgan fingerprint density at radius 1 is 0.857 bits per heavy atom. The van der Waals surface area contributed by atoms with Crippen molar-refractivity contribution in [2.75, 3.05) is 0 Å². The largest absolute Gasteiger partial charge is 0.423 e. The summed E-state index contributed by atoms with van der Waals surface area (Å²) in [6, 6.07) is 7.11. The lowest BCUT2D eigenvalue weighted by Crippen LogP contribution is -2.08. The van der Waals surface area contributed by atoms with Crippen LogP contribution >= 0.6 is 0 Å². The average Bonchev–Trinajstić information content (AvgIpc) is 2.70. The van der Waals surface area contributed by atoms with Crippen molar-refractivity contribution >= 4 is 11.8 Å². The highest BCUT2D eigenvalue weighted by Gasteiger charge is 2.08. The Labute approximate surface area is 167 Å². The summed E-state index contributed by atoms with van der Waals surface area (Å²) in [5, 5.41) is 0. The normalized spacial score (nSPS) is 10.6. The number of nitrogens with zero attached hydrogens (tertiary/aromatic N) is 2. The highest BCUT2D eigenvalue weighted by atomic mass is 16.5. The van der Waals surface area contributed by atoms with Crippen molar-refractivity contribution in [2.45, 2.75) is 71.6 Å². The Morgan fingerprint density at radius 2 is 1.43 bits per heavy atom. The summed E-state index contributed by atoms with van der Waals surface area (Å²) < 4.78 is 5.31. The molecule has 1 heterocycles. The topological polar surface area (TPSA) is 69.2 Å². The van der Waals surface area contributed by atoms with Crippen molar-refractivity contribution in [3.05, 3.63) is 42.2 Å². The molecule has 0 unspecified atom stereocenters. The average molecular weight is 383 g/mol. The second kappa shape index (κ2) is 12.0. The van der Waals surface area contributed by atoms with Gasteiger partial charge in [0.15, 0.2) is 17.4 Å². The van der Waals surface area contributed by atoms with E-state index in [9.17, 15) is 9.59 Å². The van der Waals surface area contributed by atoms with E-state index in [1.807, 2.05) is 0 Å². The monoisotopic (exact) mass is 382 g/mol. The van der Waals surface area contributed by atoms with E-state index in [0.717, 1.165) is 18.4 Å². The lowest BCUT2D eigenvalue weighted by atomic mass is 10.1. The van der Waals surface area contributed by atoms with Gasteiger partial charge in [-0.1, -0.05) is 76.1 Å². The van der Waals surface area contributed by atoms with E-state index in [-0.39, 0.29) is 11.8 Å². The molecule has 0 fully saturated rings. The first-order chi connectivity index (χ1) is 13.6. The molecule has 0 spiro atoms. The fourth-order valence-electron chi connectivity index (χ4n) is 2.96. The number of benzene rings is 1. The van der Waals surface area contributed by atoms with Crippen LogP contribution < -0.4 is 4.74 Å². The maximum atomic E-state index is 11.9. The SMILES string of the molecule is CCCCCCCCCCC(=O)Oc1cnc(-c2ccc(C(C)=O)cc2)nc1. The molecule has 0 bridgehead atoms. The molecular formula is C23H30N2O3. The van der Waals surface area contributed by atoms with Crippen LogP contribution in [-0.2, 0) is 4.79 Å². The molecule has 28 heavy (non-hydrogen) atoms. The Bertz CT molecular complexity index is 739. The molecule has 0 atom stereocenters. The molecule has 0 aliphatic carbocycles. The van der Waals surface area contributed by atoms with E-state index in [2.05, 4.69) is 16.9 Å². The summed E-state index contributed by atoms with van der Waals surface area (Å²) in [5.41, 5.74) is 1.46. The molecule has 1 aromatic carbocycles. The zero-order chi connectivity index (χ0) is 20.2.